The molecule has 0 aliphatic heterocycles. The van der Waals surface area contributed by atoms with E-state index >= 15 is 0 Å². The first-order chi connectivity index (χ1) is 15.3. The highest BCUT2D eigenvalue weighted by atomic mass is 35.5. The molecule has 3 rings (SSSR count). The fraction of sp³-hybridized carbons (Fsp3) is 0.280. The number of halogens is 2. The zero-order valence-electron chi connectivity index (χ0n) is 17.8. The first-order valence-electron chi connectivity index (χ1n) is 10.3. The Labute approximate surface area is 203 Å². The van der Waals surface area contributed by atoms with E-state index < -0.39 is 11.6 Å². The summed E-state index contributed by atoms with van der Waals surface area (Å²) < 4.78 is 5.91. The Morgan fingerprint density at radius 3 is 2.44 bits per heavy atom. The maximum atomic E-state index is 10.0. The third-order valence-electron chi connectivity index (χ3n) is 5.04. The topological polar surface area (TPSA) is 75.7 Å². The summed E-state index contributed by atoms with van der Waals surface area (Å²) in [6, 6.07) is 21.2. The van der Waals surface area contributed by atoms with Crippen molar-refractivity contribution in [3.8, 4) is 5.75 Å². The van der Waals surface area contributed by atoms with Crippen molar-refractivity contribution in [1.82, 2.24) is 0 Å². The van der Waals surface area contributed by atoms with Crippen LogP contribution in [0.2, 0.25) is 10.0 Å². The van der Waals surface area contributed by atoms with Crippen molar-refractivity contribution >= 4 is 35.0 Å². The van der Waals surface area contributed by atoms with Gasteiger partial charge in [0.1, 0.15) is 12.4 Å². The Balaban J connectivity index is 1.66. The number of hydrogen-bond acceptors (Lipinski definition) is 5. The maximum Gasteiger partial charge on any atom is 0.120 e. The molecule has 0 spiro atoms. The number of hydrogen-bond donors (Lipinski definition) is 3. The van der Waals surface area contributed by atoms with Crippen LogP contribution in [0.5, 0.6) is 5.75 Å². The largest absolute Gasteiger partial charge is 0.489 e. The Kier molecular flexibility index (Phi) is 8.88. The van der Waals surface area contributed by atoms with Crippen molar-refractivity contribution in [2.75, 3.05) is 6.61 Å². The molecule has 7 heteroatoms. The zero-order chi connectivity index (χ0) is 23.1. The molecule has 0 aliphatic rings. The van der Waals surface area contributed by atoms with Gasteiger partial charge in [-0.3, -0.25) is 0 Å². The lowest BCUT2D eigenvalue weighted by atomic mass is 9.86. The molecule has 0 heterocycles. The van der Waals surface area contributed by atoms with Crippen LogP contribution in [0.1, 0.15) is 30.9 Å². The SMILES string of the molecule is CC(N)(CC(O)CCO)c1ccc(Sc2cccc(OCc3ccc(Cl)cc3)c2)cc1Cl. The normalized spacial score (nSPS) is 14.1. The first kappa shape index (κ1) is 24.9. The smallest absolute Gasteiger partial charge is 0.120 e. The molecule has 4 nitrogen and oxygen atoms in total. The van der Waals surface area contributed by atoms with E-state index in [1.165, 1.54) is 0 Å². The number of benzene rings is 3. The molecule has 0 fully saturated rings. The van der Waals surface area contributed by atoms with Gasteiger partial charge in [-0.15, -0.1) is 0 Å². The van der Waals surface area contributed by atoms with Gasteiger partial charge in [0.25, 0.3) is 0 Å². The minimum Gasteiger partial charge on any atom is -0.489 e. The van der Waals surface area contributed by atoms with E-state index in [-0.39, 0.29) is 13.0 Å². The van der Waals surface area contributed by atoms with E-state index in [2.05, 4.69) is 0 Å². The van der Waals surface area contributed by atoms with E-state index in [9.17, 15) is 5.11 Å². The van der Waals surface area contributed by atoms with E-state index in [0.717, 1.165) is 26.7 Å². The van der Waals surface area contributed by atoms with Crippen LogP contribution in [0, 0.1) is 0 Å². The highest BCUT2D eigenvalue weighted by Crippen LogP contribution is 2.36. The minimum atomic E-state index is -0.801. The van der Waals surface area contributed by atoms with Gasteiger partial charge < -0.3 is 20.7 Å². The second-order valence-electron chi connectivity index (χ2n) is 7.92. The molecular formula is C25H27Cl2NO3S. The quantitative estimate of drug-likeness (QED) is 0.322. The molecular weight excluding hydrogens is 465 g/mol. The van der Waals surface area contributed by atoms with E-state index in [0.29, 0.717) is 23.1 Å². The van der Waals surface area contributed by atoms with Crippen LogP contribution in [-0.4, -0.2) is 22.9 Å². The van der Waals surface area contributed by atoms with Crippen LogP contribution in [0.4, 0.5) is 0 Å². The van der Waals surface area contributed by atoms with Crippen LogP contribution in [-0.2, 0) is 12.1 Å². The predicted molar refractivity (Wildman–Crippen MR) is 132 cm³/mol. The fourth-order valence-corrected chi connectivity index (χ4v) is 4.88. The molecule has 0 aromatic heterocycles. The van der Waals surface area contributed by atoms with Gasteiger partial charge in [0, 0.05) is 32.0 Å². The molecule has 4 N–H and O–H groups in total. The summed E-state index contributed by atoms with van der Waals surface area (Å²) in [6.07, 6.45) is -0.0858. The molecule has 0 bridgehead atoms. The second-order valence-corrected chi connectivity index (χ2v) is 9.91. The summed E-state index contributed by atoms with van der Waals surface area (Å²) >= 11 is 14.0. The molecule has 3 aromatic rings. The number of rotatable bonds is 10. The number of nitrogens with two attached hydrogens (primary N) is 1. The summed E-state index contributed by atoms with van der Waals surface area (Å²) in [5.41, 5.74) is 7.43. The third kappa shape index (κ3) is 7.14. The Bertz CT molecular complexity index is 1030. The van der Waals surface area contributed by atoms with E-state index in [4.69, 9.17) is 38.8 Å². The third-order valence-corrected chi connectivity index (χ3v) is 6.58. The highest BCUT2D eigenvalue weighted by Gasteiger charge is 2.27. The summed E-state index contributed by atoms with van der Waals surface area (Å²) in [7, 11) is 0. The van der Waals surface area contributed by atoms with Gasteiger partial charge in [0.05, 0.1) is 6.10 Å². The lowest BCUT2D eigenvalue weighted by molar-refractivity contribution is 0.103. The van der Waals surface area contributed by atoms with Gasteiger partial charge in [-0.1, -0.05) is 59.2 Å². The minimum absolute atomic E-state index is 0.0803. The zero-order valence-corrected chi connectivity index (χ0v) is 20.1. The molecule has 0 aliphatic carbocycles. The molecule has 170 valence electrons. The average Bonchev–Trinajstić information content (AvgIpc) is 2.73. The van der Waals surface area contributed by atoms with Gasteiger partial charge >= 0.3 is 0 Å². The second kappa shape index (κ2) is 11.4. The average molecular weight is 492 g/mol. The maximum absolute atomic E-state index is 10.0. The molecule has 3 aromatic carbocycles. The number of aliphatic hydroxyl groups excluding tert-OH is 2. The summed E-state index contributed by atoms with van der Waals surface area (Å²) in [5, 5.41) is 20.3. The van der Waals surface area contributed by atoms with Crippen LogP contribution in [0.3, 0.4) is 0 Å². The van der Waals surface area contributed by atoms with Crippen LogP contribution in [0.25, 0.3) is 0 Å². The number of ether oxygens (including phenoxy) is 1. The van der Waals surface area contributed by atoms with Crippen molar-refractivity contribution in [1.29, 1.82) is 0 Å². The molecule has 0 saturated heterocycles. The number of aliphatic hydroxyl groups is 2. The fourth-order valence-electron chi connectivity index (χ4n) is 3.38. The van der Waals surface area contributed by atoms with Crippen molar-refractivity contribution in [2.45, 2.75) is 47.8 Å². The van der Waals surface area contributed by atoms with E-state index in [1.807, 2.05) is 73.7 Å². The lowest BCUT2D eigenvalue weighted by Gasteiger charge is -2.29. The van der Waals surface area contributed by atoms with E-state index in [1.54, 1.807) is 11.8 Å². The van der Waals surface area contributed by atoms with Crippen molar-refractivity contribution in [3.05, 3.63) is 87.9 Å². The first-order valence-corrected chi connectivity index (χ1v) is 11.9. The lowest BCUT2D eigenvalue weighted by Crippen LogP contribution is -2.37. The summed E-state index contributed by atoms with van der Waals surface area (Å²) in [5.74, 6) is 0.778. The van der Waals surface area contributed by atoms with Gasteiger partial charge in [-0.2, -0.15) is 0 Å². The predicted octanol–water partition coefficient (Wildman–Crippen LogP) is 6.03. The van der Waals surface area contributed by atoms with Gasteiger partial charge in [-0.25, -0.2) is 0 Å². The Hall–Kier alpha value is -1.73. The molecule has 0 saturated carbocycles. The molecule has 2 unspecified atom stereocenters. The van der Waals surface area contributed by atoms with Crippen molar-refractivity contribution < 1.29 is 14.9 Å². The summed E-state index contributed by atoms with van der Waals surface area (Å²) in [6.45, 7) is 2.22. The van der Waals surface area contributed by atoms with Gasteiger partial charge in [-0.05, 0) is 73.4 Å². The molecule has 2 atom stereocenters. The van der Waals surface area contributed by atoms with Crippen LogP contribution >= 0.6 is 35.0 Å². The van der Waals surface area contributed by atoms with Crippen molar-refractivity contribution in [3.63, 3.8) is 0 Å². The highest BCUT2D eigenvalue weighted by molar-refractivity contribution is 7.99. The molecule has 32 heavy (non-hydrogen) atoms. The summed E-state index contributed by atoms with van der Waals surface area (Å²) in [4.78, 5) is 2.00. The monoisotopic (exact) mass is 491 g/mol. The van der Waals surface area contributed by atoms with Crippen LogP contribution < -0.4 is 10.5 Å². The van der Waals surface area contributed by atoms with Gasteiger partial charge in [0.2, 0.25) is 0 Å². The standard InChI is InChI=1S/C25H27Cl2NO3S/c1-25(28,15-19(30)11-12-29)23-10-9-22(14-24(23)27)32-21-4-2-3-20(13-21)31-16-17-5-7-18(26)8-6-17/h2-10,13-14,19,29-30H,11-12,15-16,28H2,1H3. The van der Waals surface area contributed by atoms with Gasteiger partial charge in [0.15, 0.2) is 0 Å². The van der Waals surface area contributed by atoms with Crippen molar-refractivity contribution in [2.24, 2.45) is 5.73 Å². The van der Waals surface area contributed by atoms with Crippen LogP contribution in [0.15, 0.2) is 76.5 Å². The molecule has 0 amide bonds. The Morgan fingerprint density at radius 1 is 1.03 bits per heavy atom. The Morgan fingerprint density at radius 2 is 1.75 bits per heavy atom. The molecule has 0 radical (unpaired) electrons.